The minimum Gasteiger partial charge on any atom is -0.497 e. The van der Waals surface area contributed by atoms with Gasteiger partial charge in [-0.2, -0.15) is 13.2 Å². The predicted octanol–water partition coefficient (Wildman–Crippen LogP) is 3.81. The van der Waals surface area contributed by atoms with Crippen molar-refractivity contribution < 1.29 is 37.0 Å². The third-order valence-electron chi connectivity index (χ3n) is 5.24. The van der Waals surface area contributed by atoms with Crippen LogP contribution in [0.5, 0.6) is 5.75 Å². The van der Waals surface area contributed by atoms with Crippen molar-refractivity contribution in [3.63, 3.8) is 0 Å². The molecule has 2 atom stereocenters. The van der Waals surface area contributed by atoms with E-state index in [4.69, 9.17) is 9.26 Å². The van der Waals surface area contributed by atoms with E-state index in [9.17, 15) is 27.7 Å². The Morgan fingerprint density at radius 2 is 1.84 bits per heavy atom. The van der Waals surface area contributed by atoms with E-state index in [1.54, 1.807) is 29.7 Å². The van der Waals surface area contributed by atoms with Gasteiger partial charge in [-0.25, -0.2) is 10.2 Å². The molecule has 1 heterocycles. The van der Waals surface area contributed by atoms with E-state index < -0.39 is 38.7 Å². The zero-order chi connectivity index (χ0) is 23.4. The summed E-state index contributed by atoms with van der Waals surface area (Å²) in [5, 5.41) is 9.47. The normalized spacial score (nSPS) is 18.5. The van der Waals surface area contributed by atoms with E-state index >= 15 is 0 Å². The van der Waals surface area contributed by atoms with Crippen molar-refractivity contribution in [2.24, 2.45) is 0 Å². The van der Waals surface area contributed by atoms with Crippen molar-refractivity contribution in [2.75, 3.05) is 13.7 Å². The maximum Gasteiger partial charge on any atom is 0.389 e. The first-order valence-corrected chi connectivity index (χ1v) is 11.5. The molecule has 1 aliphatic rings. The van der Waals surface area contributed by atoms with Crippen molar-refractivity contribution in [1.29, 1.82) is 0 Å². The first-order valence-electron chi connectivity index (χ1n) is 9.92. The predicted molar refractivity (Wildman–Crippen MR) is 111 cm³/mol. The first-order chi connectivity index (χ1) is 15.2. The summed E-state index contributed by atoms with van der Waals surface area (Å²) >= 11 is 0. The number of fused-ring (bicyclic) bond motifs is 1. The summed E-state index contributed by atoms with van der Waals surface area (Å²) < 4.78 is 64.1. The lowest BCUT2D eigenvalue weighted by Crippen LogP contribution is -2.49. The number of hydroxylamine groups is 1. The second-order valence-electron chi connectivity index (χ2n) is 7.33. The minimum atomic E-state index is -4.36. The Hall–Kier alpha value is -2.39. The fourth-order valence-electron chi connectivity index (χ4n) is 3.62. The van der Waals surface area contributed by atoms with Gasteiger partial charge in [-0.15, -0.1) is 0 Å². The molecular weight excluding hydrogens is 448 g/mol. The van der Waals surface area contributed by atoms with Gasteiger partial charge in [0.05, 0.1) is 19.0 Å². The van der Waals surface area contributed by atoms with Crippen molar-refractivity contribution in [3.8, 4) is 5.75 Å². The van der Waals surface area contributed by atoms with E-state index in [1.807, 2.05) is 12.1 Å². The van der Waals surface area contributed by atoms with Crippen LogP contribution in [0.1, 0.15) is 24.0 Å². The van der Waals surface area contributed by atoms with Crippen molar-refractivity contribution >= 4 is 18.7 Å². The summed E-state index contributed by atoms with van der Waals surface area (Å²) in [7, 11) is -2.54. The summed E-state index contributed by atoms with van der Waals surface area (Å²) in [5.41, 5.74) is 3.25. The Kier molecular flexibility index (Phi) is 7.61. The van der Waals surface area contributed by atoms with Gasteiger partial charge in [-0.1, -0.05) is 24.3 Å². The summed E-state index contributed by atoms with van der Waals surface area (Å²) in [6, 6.07) is 12.3. The Morgan fingerprint density at radius 3 is 2.44 bits per heavy atom. The molecule has 7 nitrogen and oxygen atoms in total. The van der Waals surface area contributed by atoms with Gasteiger partial charge >= 0.3 is 13.7 Å². The van der Waals surface area contributed by atoms with Crippen LogP contribution in [0.3, 0.4) is 0 Å². The molecule has 3 rings (SSSR count). The second-order valence-corrected chi connectivity index (χ2v) is 9.66. The molecule has 0 unspecified atom stereocenters. The van der Waals surface area contributed by atoms with E-state index in [2.05, 4.69) is 0 Å². The number of carbonyl (C=O) groups excluding carboxylic acids is 1. The number of hydrogen-bond donors (Lipinski definition) is 2. The fraction of sp³-hybridized carbons (Fsp3) is 0.381. The molecule has 0 saturated heterocycles. The number of ether oxygens (including phenoxy) is 1. The molecule has 0 aromatic heterocycles. The summed E-state index contributed by atoms with van der Waals surface area (Å²) in [6.45, 7) is -0.370. The monoisotopic (exact) mass is 472 g/mol. The van der Waals surface area contributed by atoms with Crippen LogP contribution < -0.4 is 15.5 Å². The zero-order valence-corrected chi connectivity index (χ0v) is 18.2. The van der Waals surface area contributed by atoms with Gasteiger partial charge < -0.3 is 9.26 Å². The number of rotatable bonds is 8. The third-order valence-corrected chi connectivity index (χ3v) is 7.82. The summed E-state index contributed by atoms with van der Waals surface area (Å²) in [6.07, 6.45) is -5.69. The van der Waals surface area contributed by atoms with Crippen LogP contribution >= 0.6 is 7.52 Å². The van der Waals surface area contributed by atoms with Gasteiger partial charge in [-0.05, 0) is 48.2 Å². The number of benzene rings is 2. The highest BCUT2D eigenvalue weighted by atomic mass is 31.2. The number of nitrogens with one attached hydrogen (secondary N) is 1. The minimum absolute atomic E-state index is 0.0524. The number of hydrogen-bond acceptors (Lipinski definition) is 5. The molecule has 11 heteroatoms. The van der Waals surface area contributed by atoms with Crippen molar-refractivity contribution in [2.45, 2.75) is 38.0 Å². The molecule has 0 radical (unpaired) electrons. The number of nitrogens with zero attached hydrogens (tertiary/aromatic N) is 1. The van der Waals surface area contributed by atoms with Gasteiger partial charge in [0.2, 0.25) is 0 Å². The second kappa shape index (κ2) is 10.0. The number of carbonyl (C=O) groups is 1. The molecule has 174 valence electrons. The molecule has 1 aliphatic heterocycles. The average Bonchev–Trinajstić information content (AvgIpc) is 2.79. The van der Waals surface area contributed by atoms with Crippen molar-refractivity contribution in [1.82, 2.24) is 10.2 Å². The van der Waals surface area contributed by atoms with E-state index in [-0.39, 0.29) is 24.7 Å². The van der Waals surface area contributed by atoms with Crippen LogP contribution in [-0.2, 0) is 26.8 Å². The highest BCUT2D eigenvalue weighted by molar-refractivity contribution is 7.64. The van der Waals surface area contributed by atoms with Crippen LogP contribution in [-0.4, -0.2) is 41.7 Å². The Bertz CT molecular complexity index is 984. The molecule has 0 fully saturated rings. The van der Waals surface area contributed by atoms with Gasteiger partial charge in [-0.3, -0.25) is 14.6 Å². The molecule has 2 aromatic rings. The molecule has 1 amide bonds. The summed E-state index contributed by atoms with van der Waals surface area (Å²) in [4.78, 5) is 12.5. The topological polar surface area (TPSA) is 88.1 Å². The van der Waals surface area contributed by atoms with Crippen molar-refractivity contribution in [3.05, 3.63) is 59.7 Å². The summed E-state index contributed by atoms with van der Waals surface area (Å²) in [5.74, 6) is -0.293. The molecule has 0 saturated carbocycles. The van der Waals surface area contributed by atoms with Crippen LogP contribution in [0.2, 0.25) is 0 Å². The smallest absolute Gasteiger partial charge is 0.389 e. The zero-order valence-electron chi connectivity index (χ0n) is 17.3. The quantitative estimate of drug-likeness (QED) is 0.263. The van der Waals surface area contributed by atoms with Gasteiger partial charge in [0.1, 0.15) is 11.8 Å². The maximum absolute atomic E-state index is 14.3. The van der Waals surface area contributed by atoms with Gasteiger partial charge in [0, 0.05) is 13.0 Å². The van der Waals surface area contributed by atoms with E-state index in [0.717, 1.165) is 11.1 Å². The molecule has 0 spiro atoms. The SMILES string of the molecule is COc1ccc([P@@](=O)(OCCCC(F)(F)F)N2Cc3ccccc3C[C@@H]2C(=O)NO)cc1. The van der Waals surface area contributed by atoms with Crippen LogP contribution in [0, 0.1) is 0 Å². The Morgan fingerprint density at radius 1 is 1.19 bits per heavy atom. The Balaban J connectivity index is 1.99. The maximum atomic E-state index is 14.3. The lowest BCUT2D eigenvalue weighted by atomic mass is 9.95. The molecular formula is C21H24F3N2O5P. The molecule has 0 bridgehead atoms. The Labute approximate surface area is 183 Å². The van der Waals surface area contributed by atoms with Gasteiger partial charge in [0.25, 0.3) is 5.91 Å². The van der Waals surface area contributed by atoms with E-state index in [0.29, 0.717) is 5.75 Å². The number of halogens is 3. The standard InChI is InChI=1S/C21H24F3N2O5P/c1-30-17-7-9-18(10-8-17)32(29,31-12-4-11-21(22,23)24)26-14-16-6-3-2-5-15(16)13-19(26)20(27)25-28/h2-3,5-10,19,28H,4,11-14H2,1H3,(H,25,27)/t19-,32-/m1/s1. The molecule has 0 aliphatic carbocycles. The fourth-order valence-corrected chi connectivity index (χ4v) is 6.01. The largest absolute Gasteiger partial charge is 0.497 e. The first kappa shape index (κ1) is 24.3. The highest BCUT2D eigenvalue weighted by Crippen LogP contribution is 2.54. The molecule has 2 aromatic carbocycles. The lowest BCUT2D eigenvalue weighted by Gasteiger charge is -2.39. The van der Waals surface area contributed by atoms with Crippen LogP contribution in [0.4, 0.5) is 13.2 Å². The number of amides is 1. The molecule has 2 N–H and O–H groups in total. The average molecular weight is 472 g/mol. The number of methoxy groups -OCH3 is 1. The van der Waals surface area contributed by atoms with E-state index in [1.165, 1.54) is 23.9 Å². The molecule has 32 heavy (non-hydrogen) atoms. The lowest BCUT2D eigenvalue weighted by molar-refractivity contribution is -0.136. The highest BCUT2D eigenvalue weighted by Gasteiger charge is 2.44. The third kappa shape index (κ3) is 5.50. The van der Waals surface area contributed by atoms with Gasteiger partial charge in [0.15, 0.2) is 0 Å². The van der Waals surface area contributed by atoms with Crippen LogP contribution in [0.15, 0.2) is 48.5 Å². The number of alkyl halides is 3. The van der Waals surface area contributed by atoms with Crippen LogP contribution in [0.25, 0.3) is 0 Å².